The van der Waals surface area contributed by atoms with Gasteiger partial charge in [0.15, 0.2) is 0 Å². The Morgan fingerprint density at radius 3 is 2.45 bits per heavy atom. The van der Waals surface area contributed by atoms with E-state index in [9.17, 15) is 13.2 Å². The summed E-state index contributed by atoms with van der Waals surface area (Å²) < 4.78 is 27.1. The van der Waals surface area contributed by atoms with Gasteiger partial charge in [-0.2, -0.15) is 0 Å². The predicted molar refractivity (Wildman–Crippen MR) is 127 cm³/mol. The summed E-state index contributed by atoms with van der Waals surface area (Å²) in [5.41, 5.74) is 3.63. The second kappa shape index (κ2) is 10.00. The van der Waals surface area contributed by atoms with Crippen molar-refractivity contribution in [1.82, 2.24) is 4.72 Å². The van der Waals surface area contributed by atoms with Crippen molar-refractivity contribution < 1.29 is 13.2 Å². The van der Waals surface area contributed by atoms with Crippen LogP contribution in [0.3, 0.4) is 0 Å². The minimum atomic E-state index is -3.72. The number of rotatable bonds is 8. The topological polar surface area (TPSA) is 87.3 Å². The smallest absolute Gasteiger partial charge is 0.255 e. The maximum absolute atomic E-state index is 12.9. The van der Waals surface area contributed by atoms with Crippen LogP contribution in [0, 0.1) is 6.92 Å². The zero-order valence-corrected chi connectivity index (χ0v) is 19.2. The number of thioether (sulfide) groups is 1. The molecule has 0 aliphatic rings. The van der Waals surface area contributed by atoms with Gasteiger partial charge in [-0.3, -0.25) is 4.79 Å². The average molecular weight is 456 g/mol. The summed E-state index contributed by atoms with van der Waals surface area (Å²) >= 11 is 1.57. The van der Waals surface area contributed by atoms with Crippen LogP contribution in [0.5, 0.6) is 0 Å². The summed E-state index contributed by atoms with van der Waals surface area (Å²) in [7, 11) is -2.38. The molecule has 3 rings (SSSR count). The lowest BCUT2D eigenvalue weighted by Crippen LogP contribution is -2.20. The summed E-state index contributed by atoms with van der Waals surface area (Å²) in [5, 5.41) is 6.07. The monoisotopic (exact) mass is 455 g/mol. The third-order valence-electron chi connectivity index (χ3n) is 4.65. The SMILES string of the molecule is CNS(=O)(=O)c1cc(NCc2cccc(C)c2)cc(C(=O)Nc2cccc(SC)c2)c1. The number of amides is 1. The normalized spacial score (nSPS) is 11.2. The van der Waals surface area contributed by atoms with Crippen molar-refractivity contribution in [1.29, 1.82) is 0 Å². The molecule has 0 saturated carbocycles. The molecule has 0 unspecified atom stereocenters. The highest BCUT2D eigenvalue weighted by molar-refractivity contribution is 7.98. The number of hydrogen-bond donors (Lipinski definition) is 3. The van der Waals surface area contributed by atoms with Gasteiger partial charge in [0, 0.05) is 28.4 Å². The highest BCUT2D eigenvalue weighted by Gasteiger charge is 2.17. The zero-order valence-electron chi connectivity index (χ0n) is 17.6. The van der Waals surface area contributed by atoms with Crippen molar-refractivity contribution in [3.8, 4) is 0 Å². The minimum absolute atomic E-state index is 0.0206. The van der Waals surface area contributed by atoms with E-state index in [0.717, 1.165) is 16.0 Å². The number of nitrogens with one attached hydrogen (secondary N) is 3. The van der Waals surface area contributed by atoms with Crippen LogP contribution in [-0.2, 0) is 16.6 Å². The van der Waals surface area contributed by atoms with E-state index in [1.807, 2.05) is 55.6 Å². The number of anilines is 2. The summed E-state index contributed by atoms with van der Waals surface area (Å²) in [4.78, 5) is 13.9. The summed E-state index contributed by atoms with van der Waals surface area (Å²) in [6.07, 6.45) is 1.96. The summed E-state index contributed by atoms with van der Waals surface area (Å²) in [5.74, 6) is -0.384. The first-order chi connectivity index (χ1) is 14.8. The van der Waals surface area contributed by atoms with Crippen LogP contribution in [0.25, 0.3) is 0 Å². The van der Waals surface area contributed by atoms with Crippen LogP contribution >= 0.6 is 11.8 Å². The minimum Gasteiger partial charge on any atom is -0.381 e. The molecule has 8 heteroatoms. The van der Waals surface area contributed by atoms with Crippen LogP contribution in [0.2, 0.25) is 0 Å². The maximum Gasteiger partial charge on any atom is 0.255 e. The fourth-order valence-electron chi connectivity index (χ4n) is 3.04. The molecule has 31 heavy (non-hydrogen) atoms. The Labute approximate surface area is 187 Å². The van der Waals surface area contributed by atoms with Gasteiger partial charge in [-0.15, -0.1) is 11.8 Å². The van der Waals surface area contributed by atoms with E-state index in [1.165, 1.54) is 19.2 Å². The van der Waals surface area contributed by atoms with Crippen LogP contribution in [0.1, 0.15) is 21.5 Å². The number of aryl methyl sites for hydroxylation is 1. The van der Waals surface area contributed by atoms with Gasteiger partial charge in [-0.05, 0) is 62.2 Å². The Morgan fingerprint density at radius 2 is 1.74 bits per heavy atom. The van der Waals surface area contributed by atoms with Crippen molar-refractivity contribution in [2.24, 2.45) is 0 Å². The third-order valence-corrected chi connectivity index (χ3v) is 6.77. The van der Waals surface area contributed by atoms with Crippen molar-refractivity contribution in [2.75, 3.05) is 23.9 Å². The molecule has 0 aliphatic heterocycles. The van der Waals surface area contributed by atoms with E-state index in [0.29, 0.717) is 17.9 Å². The molecule has 0 aromatic heterocycles. The fraction of sp³-hybridized carbons (Fsp3) is 0.174. The molecule has 0 aliphatic carbocycles. The molecule has 3 N–H and O–H groups in total. The molecule has 0 radical (unpaired) electrons. The lowest BCUT2D eigenvalue weighted by Gasteiger charge is -2.13. The van der Waals surface area contributed by atoms with E-state index in [-0.39, 0.29) is 16.4 Å². The van der Waals surface area contributed by atoms with Gasteiger partial charge in [-0.1, -0.05) is 35.9 Å². The zero-order chi connectivity index (χ0) is 22.4. The molecule has 162 valence electrons. The Morgan fingerprint density at radius 1 is 0.968 bits per heavy atom. The highest BCUT2D eigenvalue weighted by atomic mass is 32.2. The Kier molecular flexibility index (Phi) is 7.37. The van der Waals surface area contributed by atoms with Crippen LogP contribution in [0.4, 0.5) is 11.4 Å². The van der Waals surface area contributed by atoms with Gasteiger partial charge in [-0.25, -0.2) is 13.1 Å². The van der Waals surface area contributed by atoms with Gasteiger partial charge in [0.05, 0.1) is 4.90 Å². The molecule has 0 heterocycles. The standard InChI is InChI=1S/C23H25N3O3S2/c1-16-6-4-7-17(10-16)15-25-20-11-18(12-22(14-20)31(28,29)24-2)23(27)26-19-8-5-9-21(13-19)30-3/h4-14,24-25H,15H2,1-3H3,(H,26,27). The molecular weight excluding hydrogens is 430 g/mol. The molecule has 0 spiro atoms. The van der Waals surface area contributed by atoms with Crippen molar-refractivity contribution in [3.63, 3.8) is 0 Å². The molecule has 1 amide bonds. The van der Waals surface area contributed by atoms with E-state index in [1.54, 1.807) is 23.9 Å². The summed E-state index contributed by atoms with van der Waals surface area (Å²) in [6, 6.07) is 20.0. The first kappa shape index (κ1) is 22.9. The molecule has 3 aromatic rings. The maximum atomic E-state index is 12.9. The number of hydrogen-bond acceptors (Lipinski definition) is 5. The largest absolute Gasteiger partial charge is 0.381 e. The second-order valence-corrected chi connectivity index (χ2v) is 9.75. The molecule has 6 nitrogen and oxygen atoms in total. The number of carbonyl (C=O) groups is 1. The first-order valence-electron chi connectivity index (χ1n) is 9.64. The van der Waals surface area contributed by atoms with E-state index >= 15 is 0 Å². The quantitative estimate of drug-likeness (QED) is 0.436. The van der Waals surface area contributed by atoms with E-state index in [2.05, 4.69) is 15.4 Å². The van der Waals surface area contributed by atoms with Crippen LogP contribution in [0.15, 0.2) is 76.5 Å². The molecule has 0 fully saturated rings. The van der Waals surface area contributed by atoms with Crippen molar-refractivity contribution >= 4 is 39.1 Å². The van der Waals surface area contributed by atoms with E-state index in [4.69, 9.17) is 0 Å². The van der Waals surface area contributed by atoms with Crippen LogP contribution in [-0.4, -0.2) is 27.6 Å². The van der Waals surface area contributed by atoms with Crippen molar-refractivity contribution in [2.45, 2.75) is 23.3 Å². The Hall–Kier alpha value is -2.81. The van der Waals surface area contributed by atoms with E-state index < -0.39 is 10.0 Å². The van der Waals surface area contributed by atoms with Gasteiger partial charge < -0.3 is 10.6 Å². The lowest BCUT2D eigenvalue weighted by molar-refractivity contribution is 0.102. The molecule has 0 saturated heterocycles. The molecular formula is C23H25N3O3S2. The third kappa shape index (κ3) is 6.10. The van der Waals surface area contributed by atoms with Gasteiger partial charge in [0.2, 0.25) is 10.0 Å². The van der Waals surface area contributed by atoms with Crippen molar-refractivity contribution in [3.05, 3.63) is 83.4 Å². The number of carbonyl (C=O) groups excluding carboxylic acids is 1. The van der Waals surface area contributed by atoms with Crippen LogP contribution < -0.4 is 15.4 Å². The molecule has 0 atom stereocenters. The average Bonchev–Trinajstić information content (AvgIpc) is 2.77. The predicted octanol–water partition coefficient (Wildman–Crippen LogP) is 4.49. The molecule has 0 bridgehead atoms. The second-order valence-electron chi connectivity index (χ2n) is 6.98. The number of sulfonamides is 1. The Balaban J connectivity index is 1.90. The highest BCUT2D eigenvalue weighted by Crippen LogP contribution is 2.23. The Bertz CT molecular complexity index is 1190. The van der Waals surface area contributed by atoms with Gasteiger partial charge in [0.25, 0.3) is 5.91 Å². The lowest BCUT2D eigenvalue weighted by atomic mass is 10.1. The fourth-order valence-corrected chi connectivity index (χ4v) is 4.29. The summed E-state index contributed by atoms with van der Waals surface area (Å²) in [6.45, 7) is 2.51. The molecule has 3 aromatic carbocycles. The van der Waals surface area contributed by atoms with Gasteiger partial charge >= 0.3 is 0 Å². The van der Waals surface area contributed by atoms with Gasteiger partial charge in [0.1, 0.15) is 0 Å². The first-order valence-corrected chi connectivity index (χ1v) is 12.3. The number of benzene rings is 3.